The minimum Gasteiger partial charge on any atom is -0.481 e. The van der Waals surface area contributed by atoms with Crippen LogP contribution in [0.4, 0.5) is 4.79 Å². The lowest BCUT2D eigenvalue weighted by Crippen LogP contribution is -2.46. The summed E-state index contributed by atoms with van der Waals surface area (Å²) >= 11 is 0. The third kappa shape index (κ3) is 8.34. The smallest absolute Gasteiger partial charge is 0.326 e. The molecule has 0 heterocycles. The van der Waals surface area contributed by atoms with Crippen LogP contribution in [0.3, 0.4) is 0 Å². The SMILES string of the molecule is CNCCCNC(=O)N[C@@H](CCC(=O)O)C(=O)O. The molecule has 104 valence electrons. The minimum atomic E-state index is -1.25. The molecule has 2 amide bonds. The number of urea groups is 1. The van der Waals surface area contributed by atoms with E-state index in [4.69, 9.17) is 10.2 Å². The Labute approximate surface area is 105 Å². The highest BCUT2D eigenvalue weighted by Gasteiger charge is 2.20. The molecule has 1 atom stereocenters. The van der Waals surface area contributed by atoms with E-state index in [1.54, 1.807) is 7.05 Å². The zero-order valence-corrected chi connectivity index (χ0v) is 10.2. The molecule has 0 aliphatic carbocycles. The summed E-state index contributed by atoms with van der Waals surface area (Å²) < 4.78 is 0. The average Bonchev–Trinajstić information content (AvgIpc) is 2.29. The van der Waals surface area contributed by atoms with Crippen LogP contribution in [0.1, 0.15) is 19.3 Å². The fourth-order valence-corrected chi connectivity index (χ4v) is 1.20. The molecule has 0 aromatic heterocycles. The molecular weight excluding hydrogens is 242 g/mol. The van der Waals surface area contributed by atoms with E-state index >= 15 is 0 Å². The van der Waals surface area contributed by atoms with Crippen molar-refractivity contribution in [1.29, 1.82) is 0 Å². The van der Waals surface area contributed by atoms with Crippen molar-refractivity contribution in [3.8, 4) is 0 Å². The largest absolute Gasteiger partial charge is 0.481 e. The summed E-state index contributed by atoms with van der Waals surface area (Å²) in [4.78, 5) is 32.4. The molecule has 0 aromatic rings. The number of aliphatic carboxylic acids is 2. The van der Waals surface area contributed by atoms with E-state index in [0.29, 0.717) is 6.54 Å². The van der Waals surface area contributed by atoms with Gasteiger partial charge in [0, 0.05) is 13.0 Å². The first-order chi connectivity index (χ1) is 8.47. The Morgan fingerprint density at radius 1 is 1.17 bits per heavy atom. The Hall–Kier alpha value is -1.83. The van der Waals surface area contributed by atoms with Crippen LogP contribution in [0.15, 0.2) is 0 Å². The summed E-state index contributed by atoms with van der Waals surface area (Å²) in [5.41, 5.74) is 0. The maximum Gasteiger partial charge on any atom is 0.326 e. The predicted molar refractivity (Wildman–Crippen MR) is 63.4 cm³/mol. The van der Waals surface area contributed by atoms with Crippen LogP contribution in [0.2, 0.25) is 0 Å². The lowest BCUT2D eigenvalue weighted by molar-refractivity contribution is -0.140. The first kappa shape index (κ1) is 16.2. The van der Waals surface area contributed by atoms with Gasteiger partial charge < -0.3 is 26.2 Å². The van der Waals surface area contributed by atoms with Crippen LogP contribution in [-0.2, 0) is 9.59 Å². The molecule has 0 radical (unpaired) electrons. The summed E-state index contributed by atoms with van der Waals surface area (Å²) in [5, 5.41) is 24.9. The molecule has 0 spiro atoms. The number of hydrogen-bond donors (Lipinski definition) is 5. The highest BCUT2D eigenvalue weighted by molar-refractivity contribution is 5.82. The van der Waals surface area contributed by atoms with Crippen molar-refractivity contribution in [3.05, 3.63) is 0 Å². The second kappa shape index (κ2) is 9.23. The van der Waals surface area contributed by atoms with Crippen molar-refractivity contribution in [1.82, 2.24) is 16.0 Å². The van der Waals surface area contributed by atoms with Crippen LogP contribution in [0.5, 0.6) is 0 Å². The summed E-state index contributed by atoms with van der Waals surface area (Å²) in [6.07, 6.45) is 0.266. The van der Waals surface area contributed by atoms with Crippen molar-refractivity contribution in [3.63, 3.8) is 0 Å². The van der Waals surface area contributed by atoms with Crippen LogP contribution >= 0.6 is 0 Å². The lowest BCUT2D eigenvalue weighted by atomic mass is 10.1. The maximum atomic E-state index is 11.3. The fourth-order valence-electron chi connectivity index (χ4n) is 1.20. The van der Waals surface area contributed by atoms with Gasteiger partial charge in [-0.3, -0.25) is 4.79 Å². The molecule has 0 unspecified atom stereocenters. The molecule has 0 fully saturated rings. The summed E-state index contributed by atoms with van der Waals surface area (Å²) in [5.74, 6) is -2.35. The summed E-state index contributed by atoms with van der Waals surface area (Å²) in [6, 6.07) is -1.80. The standard InChI is InChI=1S/C10H19N3O5/c1-11-5-2-6-12-10(18)13-7(9(16)17)3-4-8(14)15/h7,11H,2-6H2,1H3,(H,14,15)(H,16,17)(H2,12,13,18)/t7-/m0/s1. The van der Waals surface area contributed by atoms with Crippen molar-refractivity contribution in [2.24, 2.45) is 0 Å². The first-order valence-electron chi connectivity index (χ1n) is 5.61. The molecular formula is C10H19N3O5. The normalized spacial score (nSPS) is 11.6. The van der Waals surface area contributed by atoms with E-state index in [0.717, 1.165) is 13.0 Å². The highest BCUT2D eigenvalue weighted by Crippen LogP contribution is 1.97. The fraction of sp³-hybridized carbons (Fsp3) is 0.700. The Kier molecular flexibility index (Phi) is 8.29. The van der Waals surface area contributed by atoms with Gasteiger partial charge in [-0.25, -0.2) is 9.59 Å². The van der Waals surface area contributed by atoms with Crippen molar-refractivity contribution < 1.29 is 24.6 Å². The van der Waals surface area contributed by atoms with E-state index < -0.39 is 24.0 Å². The van der Waals surface area contributed by atoms with Gasteiger partial charge >= 0.3 is 18.0 Å². The van der Waals surface area contributed by atoms with Crippen molar-refractivity contribution in [2.45, 2.75) is 25.3 Å². The molecule has 0 saturated carbocycles. The van der Waals surface area contributed by atoms with E-state index in [-0.39, 0.29) is 12.8 Å². The topological polar surface area (TPSA) is 128 Å². The molecule has 0 saturated heterocycles. The number of carbonyl (C=O) groups is 3. The van der Waals surface area contributed by atoms with Crippen molar-refractivity contribution >= 4 is 18.0 Å². The van der Waals surface area contributed by atoms with Gasteiger partial charge in [0.25, 0.3) is 0 Å². The Morgan fingerprint density at radius 2 is 1.83 bits per heavy atom. The van der Waals surface area contributed by atoms with Gasteiger partial charge in [0.2, 0.25) is 0 Å². The van der Waals surface area contributed by atoms with Crippen molar-refractivity contribution in [2.75, 3.05) is 20.1 Å². The number of carboxylic acids is 2. The number of hydrogen-bond acceptors (Lipinski definition) is 4. The third-order valence-electron chi connectivity index (χ3n) is 2.14. The first-order valence-corrected chi connectivity index (χ1v) is 5.61. The van der Waals surface area contributed by atoms with Gasteiger partial charge in [0.1, 0.15) is 6.04 Å². The highest BCUT2D eigenvalue weighted by atomic mass is 16.4. The molecule has 18 heavy (non-hydrogen) atoms. The Morgan fingerprint density at radius 3 is 2.33 bits per heavy atom. The Balaban J connectivity index is 3.96. The number of amides is 2. The monoisotopic (exact) mass is 261 g/mol. The van der Waals surface area contributed by atoms with E-state index in [2.05, 4.69) is 16.0 Å². The lowest BCUT2D eigenvalue weighted by Gasteiger charge is -2.14. The van der Waals surface area contributed by atoms with Gasteiger partial charge in [-0.1, -0.05) is 0 Å². The molecule has 5 N–H and O–H groups in total. The molecule has 0 aromatic carbocycles. The number of carbonyl (C=O) groups excluding carboxylic acids is 1. The van der Waals surface area contributed by atoms with Gasteiger partial charge in [0.15, 0.2) is 0 Å². The molecule has 0 aliphatic heterocycles. The molecule has 0 bridgehead atoms. The van der Waals surface area contributed by atoms with Crippen LogP contribution in [-0.4, -0.2) is 54.4 Å². The molecule has 8 heteroatoms. The minimum absolute atomic E-state index is 0.144. The predicted octanol–water partition coefficient (Wildman–Crippen LogP) is -0.787. The van der Waals surface area contributed by atoms with E-state index in [1.807, 2.05) is 0 Å². The number of nitrogens with one attached hydrogen (secondary N) is 3. The second-order valence-electron chi connectivity index (χ2n) is 3.68. The molecule has 8 nitrogen and oxygen atoms in total. The second-order valence-corrected chi connectivity index (χ2v) is 3.68. The van der Waals surface area contributed by atoms with E-state index in [9.17, 15) is 14.4 Å². The summed E-state index contributed by atoms with van der Waals surface area (Å²) in [6.45, 7) is 1.15. The summed E-state index contributed by atoms with van der Waals surface area (Å²) in [7, 11) is 1.78. The Bertz CT molecular complexity index is 295. The van der Waals surface area contributed by atoms with Gasteiger partial charge in [-0.05, 0) is 26.4 Å². The van der Waals surface area contributed by atoms with Crippen LogP contribution < -0.4 is 16.0 Å². The zero-order chi connectivity index (χ0) is 14.0. The van der Waals surface area contributed by atoms with Gasteiger partial charge in [0.05, 0.1) is 0 Å². The number of carboxylic acid groups (broad SMARTS) is 2. The van der Waals surface area contributed by atoms with E-state index in [1.165, 1.54) is 0 Å². The number of rotatable bonds is 9. The van der Waals surface area contributed by atoms with Gasteiger partial charge in [-0.15, -0.1) is 0 Å². The molecule has 0 aliphatic rings. The van der Waals surface area contributed by atoms with Crippen LogP contribution in [0.25, 0.3) is 0 Å². The quantitative estimate of drug-likeness (QED) is 0.346. The van der Waals surface area contributed by atoms with Crippen LogP contribution in [0, 0.1) is 0 Å². The zero-order valence-electron chi connectivity index (χ0n) is 10.2. The molecule has 0 rings (SSSR count). The maximum absolute atomic E-state index is 11.3. The third-order valence-corrected chi connectivity index (χ3v) is 2.14. The van der Waals surface area contributed by atoms with Gasteiger partial charge in [-0.2, -0.15) is 0 Å². The average molecular weight is 261 g/mol.